The van der Waals surface area contributed by atoms with Gasteiger partial charge in [-0.05, 0) is 11.1 Å². The summed E-state index contributed by atoms with van der Waals surface area (Å²) in [6.07, 6.45) is -3.82. The SMILES string of the molecule is O=C1C[C@H]2N(Cc3ccc(CC(F)(F)F)cc3)CC[C@]23OCCN13. The summed E-state index contributed by atoms with van der Waals surface area (Å²) in [5.41, 5.74) is 0.764. The molecule has 3 heterocycles. The van der Waals surface area contributed by atoms with Crippen molar-refractivity contribution >= 4 is 5.91 Å². The number of nitrogens with zero attached hydrogens (tertiary/aromatic N) is 2. The second-order valence-corrected chi connectivity index (χ2v) is 6.79. The summed E-state index contributed by atoms with van der Waals surface area (Å²) in [4.78, 5) is 16.2. The van der Waals surface area contributed by atoms with E-state index < -0.39 is 18.3 Å². The number of carbonyl (C=O) groups excluding carboxylic acids is 1. The molecule has 24 heavy (non-hydrogen) atoms. The molecule has 0 radical (unpaired) electrons. The Morgan fingerprint density at radius 1 is 1.17 bits per heavy atom. The minimum Gasteiger partial charge on any atom is -0.352 e. The lowest BCUT2D eigenvalue weighted by molar-refractivity contribution is -0.136. The van der Waals surface area contributed by atoms with Gasteiger partial charge in [-0.25, -0.2) is 0 Å². The van der Waals surface area contributed by atoms with E-state index in [1.807, 2.05) is 4.90 Å². The first-order valence-electron chi connectivity index (χ1n) is 8.20. The molecule has 1 amide bonds. The van der Waals surface area contributed by atoms with Gasteiger partial charge in [-0.15, -0.1) is 0 Å². The summed E-state index contributed by atoms with van der Waals surface area (Å²) >= 11 is 0. The standard InChI is InChI=1S/C17H19F3N2O2/c18-17(19,20)10-12-1-3-13(4-2-12)11-21-6-5-16-14(21)9-15(23)22(16)7-8-24-16/h1-4,14H,5-11H2/t14-,16+/m1/s1. The van der Waals surface area contributed by atoms with Gasteiger partial charge in [-0.2, -0.15) is 13.2 Å². The monoisotopic (exact) mass is 340 g/mol. The van der Waals surface area contributed by atoms with Crippen molar-refractivity contribution in [3.63, 3.8) is 0 Å². The highest BCUT2D eigenvalue weighted by molar-refractivity contribution is 5.81. The minimum atomic E-state index is -4.18. The molecule has 0 aliphatic carbocycles. The van der Waals surface area contributed by atoms with Gasteiger partial charge in [0.15, 0.2) is 5.72 Å². The molecule has 3 saturated heterocycles. The van der Waals surface area contributed by atoms with Gasteiger partial charge in [0, 0.05) is 32.5 Å². The third kappa shape index (κ3) is 2.59. The van der Waals surface area contributed by atoms with Crippen LogP contribution in [0.3, 0.4) is 0 Å². The summed E-state index contributed by atoms with van der Waals surface area (Å²) in [5.74, 6) is 0.141. The Hall–Kier alpha value is -1.60. The number of benzene rings is 1. The predicted octanol–water partition coefficient (Wildman–Crippen LogP) is 2.32. The van der Waals surface area contributed by atoms with Gasteiger partial charge in [-0.3, -0.25) is 9.69 Å². The number of halogens is 3. The van der Waals surface area contributed by atoms with Crippen molar-refractivity contribution in [1.29, 1.82) is 0 Å². The Labute approximate surface area is 138 Å². The fourth-order valence-corrected chi connectivity index (χ4v) is 4.29. The van der Waals surface area contributed by atoms with Crippen molar-refractivity contribution in [2.45, 2.75) is 43.8 Å². The average molecular weight is 340 g/mol. The van der Waals surface area contributed by atoms with Crippen molar-refractivity contribution < 1.29 is 22.7 Å². The summed E-state index contributed by atoms with van der Waals surface area (Å²) in [7, 11) is 0. The predicted molar refractivity (Wildman–Crippen MR) is 80.0 cm³/mol. The molecular formula is C17H19F3N2O2. The van der Waals surface area contributed by atoms with Crippen molar-refractivity contribution in [1.82, 2.24) is 9.80 Å². The van der Waals surface area contributed by atoms with Crippen LogP contribution in [0.4, 0.5) is 13.2 Å². The van der Waals surface area contributed by atoms with E-state index in [9.17, 15) is 18.0 Å². The quantitative estimate of drug-likeness (QED) is 0.847. The summed E-state index contributed by atoms with van der Waals surface area (Å²) < 4.78 is 43.2. The van der Waals surface area contributed by atoms with E-state index in [0.717, 1.165) is 18.5 Å². The maximum absolute atomic E-state index is 12.4. The van der Waals surface area contributed by atoms with Crippen LogP contribution < -0.4 is 0 Å². The van der Waals surface area contributed by atoms with Crippen LogP contribution in [0.5, 0.6) is 0 Å². The first kappa shape index (κ1) is 15.9. The molecule has 130 valence electrons. The number of amides is 1. The van der Waals surface area contributed by atoms with E-state index in [4.69, 9.17) is 4.74 Å². The third-order valence-corrected chi connectivity index (χ3v) is 5.32. The van der Waals surface area contributed by atoms with Crippen LogP contribution in [0.15, 0.2) is 24.3 Å². The number of ether oxygens (including phenoxy) is 1. The van der Waals surface area contributed by atoms with Gasteiger partial charge in [0.1, 0.15) is 0 Å². The highest BCUT2D eigenvalue weighted by atomic mass is 19.4. The highest BCUT2D eigenvalue weighted by Crippen LogP contribution is 2.45. The molecule has 0 aromatic heterocycles. The van der Waals surface area contributed by atoms with Crippen LogP contribution in [0.2, 0.25) is 0 Å². The van der Waals surface area contributed by atoms with E-state index >= 15 is 0 Å². The molecule has 1 spiro atoms. The van der Waals surface area contributed by atoms with Crippen LogP contribution in [0.1, 0.15) is 24.0 Å². The molecule has 1 aromatic carbocycles. The van der Waals surface area contributed by atoms with E-state index in [2.05, 4.69) is 4.90 Å². The molecule has 4 nitrogen and oxygen atoms in total. The molecule has 3 fully saturated rings. The molecule has 0 saturated carbocycles. The first-order valence-corrected chi connectivity index (χ1v) is 8.20. The normalized spacial score (nSPS) is 30.0. The largest absolute Gasteiger partial charge is 0.393 e. The van der Waals surface area contributed by atoms with Crippen LogP contribution in [0.25, 0.3) is 0 Å². The van der Waals surface area contributed by atoms with Gasteiger partial charge in [0.25, 0.3) is 0 Å². The van der Waals surface area contributed by atoms with Crippen molar-refractivity contribution in [3.8, 4) is 0 Å². The van der Waals surface area contributed by atoms with Gasteiger partial charge in [-0.1, -0.05) is 24.3 Å². The number of alkyl halides is 3. The highest BCUT2D eigenvalue weighted by Gasteiger charge is 2.61. The van der Waals surface area contributed by atoms with Gasteiger partial charge < -0.3 is 9.64 Å². The van der Waals surface area contributed by atoms with Crippen molar-refractivity contribution in [2.75, 3.05) is 19.7 Å². The lowest BCUT2D eigenvalue weighted by Gasteiger charge is -2.31. The number of likely N-dealkylation sites (tertiary alicyclic amines) is 1. The van der Waals surface area contributed by atoms with Gasteiger partial charge >= 0.3 is 6.18 Å². The van der Waals surface area contributed by atoms with Crippen molar-refractivity contribution in [2.24, 2.45) is 0 Å². The zero-order valence-corrected chi connectivity index (χ0v) is 13.2. The van der Waals surface area contributed by atoms with Crippen LogP contribution in [0, 0.1) is 0 Å². The fraction of sp³-hybridized carbons (Fsp3) is 0.588. The molecule has 4 rings (SSSR count). The van der Waals surface area contributed by atoms with Crippen LogP contribution in [-0.2, 0) is 22.5 Å². The van der Waals surface area contributed by atoms with Crippen LogP contribution in [-0.4, -0.2) is 53.3 Å². The summed E-state index contributed by atoms with van der Waals surface area (Å²) in [5, 5.41) is 0. The Morgan fingerprint density at radius 3 is 2.58 bits per heavy atom. The smallest absolute Gasteiger partial charge is 0.352 e. The lowest BCUT2D eigenvalue weighted by Crippen LogP contribution is -2.47. The molecule has 0 bridgehead atoms. The Kier molecular flexibility index (Phi) is 3.61. The molecule has 2 atom stereocenters. The number of hydrogen-bond donors (Lipinski definition) is 0. The van der Waals surface area contributed by atoms with Crippen molar-refractivity contribution in [3.05, 3.63) is 35.4 Å². The van der Waals surface area contributed by atoms with Gasteiger partial charge in [0.2, 0.25) is 5.91 Å². The molecular weight excluding hydrogens is 321 g/mol. The van der Waals surface area contributed by atoms with E-state index in [-0.39, 0.29) is 17.5 Å². The second-order valence-electron chi connectivity index (χ2n) is 6.79. The molecule has 0 N–H and O–H groups in total. The Balaban J connectivity index is 1.46. The lowest BCUT2D eigenvalue weighted by atomic mass is 10.1. The minimum absolute atomic E-state index is 0.0438. The molecule has 3 aliphatic rings. The van der Waals surface area contributed by atoms with Crippen LogP contribution >= 0.6 is 0 Å². The summed E-state index contributed by atoms with van der Waals surface area (Å²) in [6, 6.07) is 6.61. The maximum Gasteiger partial charge on any atom is 0.393 e. The topological polar surface area (TPSA) is 32.8 Å². The zero-order chi connectivity index (χ0) is 16.9. The van der Waals surface area contributed by atoms with E-state index in [1.165, 1.54) is 12.1 Å². The maximum atomic E-state index is 12.4. The first-order chi connectivity index (χ1) is 11.4. The fourth-order valence-electron chi connectivity index (χ4n) is 4.29. The molecule has 7 heteroatoms. The molecule has 0 unspecified atom stereocenters. The molecule has 1 aromatic rings. The molecule has 3 aliphatic heterocycles. The zero-order valence-electron chi connectivity index (χ0n) is 13.2. The Morgan fingerprint density at radius 2 is 1.88 bits per heavy atom. The van der Waals surface area contributed by atoms with E-state index in [1.54, 1.807) is 12.1 Å². The summed E-state index contributed by atoms with van der Waals surface area (Å²) in [6.45, 7) is 2.71. The van der Waals surface area contributed by atoms with E-state index in [0.29, 0.717) is 26.1 Å². The Bertz CT molecular complexity index is 646. The number of hydrogen-bond acceptors (Lipinski definition) is 3. The third-order valence-electron chi connectivity index (χ3n) is 5.32. The average Bonchev–Trinajstić information content (AvgIpc) is 3.13. The number of carbonyl (C=O) groups is 1. The number of rotatable bonds is 3. The van der Waals surface area contributed by atoms with Gasteiger partial charge in [0.05, 0.1) is 19.1 Å². The second kappa shape index (κ2) is 5.46.